The molecule has 0 unspecified atom stereocenters. The zero-order valence-electron chi connectivity index (χ0n) is 31.1. The van der Waals surface area contributed by atoms with Gasteiger partial charge in [0.2, 0.25) is 5.69 Å². The zero-order chi connectivity index (χ0) is 36.1. The molecule has 0 N–H and O–H groups in total. The minimum atomic E-state index is -0.819. The number of hydrogen-bond donors (Lipinski definition) is 0. The van der Waals surface area contributed by atoms with E-state index in [0.717, 1.165) is 74.4 Å². The molecule has 2 aromatic rings. The molecule has 0 spiro atoms. The van der Waals surface area contributed by atoms with Crippen molar-refractivity contribution in [2.45, 2.75) is 104 Å². The Morgan fingerprint density at radius 3 is 1.96 bits per heavy atom. The Bertz CT molecular complexity index is 1720. The van der Waals surface area contributed by atoms with Gasteiger partial charge in [-0.1, -0.05) is 56.7 Å². The molecule has 2 heterocycles. The molecule has 274 valence electrons. The van der Waals surface area contributed by atoms with Gasteiger partial charge in [0.1, 0.15) is 12.5 Å². The van der Waals surface area contributed by atoms with E-state index in [-0.39, 0.29) is 51.5 Å². The number of halogens is 1. The summed E-state index contributed by atoms with van der Waals surface area (Å²) in [5.41, 5.74) is 5.94. The van der Waals surface area contributed by atoms with Gasteiger partial charge in [0.05, 0.1) is 24.2 Å². The maximum Gasteiger partial charge on any atom is 0.305 e. The number of allylic oxidation sites excluding steroid dienone is 4. The Labute approximate surface area is 313 Å². The molecule has 51 heavy (non-hydrogen) atoms. The summed E-state index contributed by atoms with van der Waals surface area (Å²) in [6.07, 6.45) is 9.55. The first-order valence-electron chi connectivity index (χ1n) is 18.4. The molecule has 3 aliphatic rings. The summed E-state index contributed by atoms with van der Waals surface area (Å²) in [6, 6.07) is 16.6. The molecule has 0 atom stereocenters. The lowest BCUT2D eigenvalue weighted by atomic mass is 9.72. The van der Waals surface area contributed by atoms with Crippen molar-refractivity contribution in [3.8, 4) is 0 Å². The van der Waals surface area contributed by atoms with Crippen LogP contribution >= 0.6 is 0 Å². The largest absolute Gasteiger partial charge is 1.00 e. The van der Waals surface area contributed by atoms with Crippen LogP contribution in [0.3, 0.4) is 0 Å². The monoisotopic (exact) mass is 760 g/mol. The molecule has 2 aromatic carbocycles. The third-order valence-electron chi connectivity index (χ3n) is 10.4. The number of carbonyl (C=O) groups excluding carboxylic acids is 4. The van der Waals surface area contributed by atoms with E-state index in [1.807, 2.05) is 50.3 Å². The summed E-state index contributed by atoms with van der Waals surface area (Å²) in [5.74, 6) is -1.43. The number of benzene rings is 2. The SMILES string of the molecule is CCOC(=O)CCCCCN1/C(=C/C2C(=O)C(=CC3=[N+](CCCCCC(=O)OCC)c4ccccc4C3(C)C)C2=O)C(C)(C)c2ccccc21.[Br-]. The topological polar surface area (TPSA) is 93.0 Å². The van der Waals surface area contributed by atoms with Crippen molar-refractivity contribution < 1.29 is 50.2 Å². The van der Waals surface area contributed by atoms with Crippen molar-refractivity contribution in [1.29, 1.82) is 0 Å². The summed E-state index contributed by atoms with van der Waals surface area (Å²) >= 11 is 0. The quantitative estimate of drug-likeness (QED) is 0.0613. The van der Waals surface area contributed by atoms with E-state index < -0.39 is 11.3 Å². The molecule has 8 nitrogen and oxygen atoms in total. The molecule has 2 aliphatic heterocycles. The van der Waals surface area contributed by atoms with Gasteiger partial charge in [-0.25, -0.2) is 0 Å². The third-order valence-corrected chi connectivity index (χ3v) is 10.4. The van der Waals surface area contributed by atoms with Gasteiger partial charge in [0.15, 0.2) is 17.3 Å². The average Bonchev–Trinajstić information content (AvgIpc) is 3.44. The van der Waals surface area contributed by atoms with Gasteiger partial charge >= 0.3 is 11.9 Å². The van der Waals surface area contributed by atoms with Gasteiger partial charge < -0.3 is 31.4 Å². The lowest BCUT2D eigenvalue weighted by molar-refractivity contribution is -0.438. The summed E-state index contributed by atoms with van der Waals surface area (Å²) in [4.78, 5) is 53.7. The lowest BCUT2D eigenvalue weighted by Crippen LogP contribution is -3.00. The Balaban J connectivity index is 0.00000583. The van der Waals surface area contributed by atoms with Crippen molar-refractivity contribution in [3.05, 3.63) is 83.1 Å². The molecule has 0 saturated heterocycles. The van der Waals surface area contributed by atoms with Gasteiger partial charge in [-0.3, -0.25) is 19.2 Å². The predicted molar refractivity (Wildman–Crippen MR) is 196 cm³/mol. The van der Waals surface area contributed by atoms with Crippen LogP contribution in [0.25, 0.3) is 0 Å². The second-order valence-corrected chi connectivity index (χ2v) is 14.5. The van der Waals surface area contributed by atoms with Crippen LogP contribution in [0.4, 0.5) is 11.4 Å². The van der Waals surface area contributed by atoms with Crippen LogP contribution in [0.5, 0.6) is 0 Å². The molecule has 0 bridgehead atoms. The highest BCUT2D eigenvalue weighted by atomic mass is 79.9. The van der Waals surface area contributed by atoms with Crippen molar-refractivity contribution in [2.24, 2.45) is 5.92 Å². The second kappa shape index (κ2) is 17.1. The number of hydrogen-bond acceptors (Lipinski definition) is 7. The van der Waals surface area contributed by atoms with Gasteiger partial charge in [-0.15, -0.1) is 0 Å². The van der Waals surface area contributed by atoms with Crippen LogP contribution < -0.4 is 21.9 Å². The Morgan fingerprint density at radius 1 is 0.765 bits per heavy atom. The van der Waals surface area contributed by atoms with E-state index in [9.17, 15) is 19.2 Å². The Morgan fingerprint density at radius 2 is 1.33 bits per heavy atom. The maximum absolute atomic E-state index is 13.9. The highest BCUT2D eigenvalue weighted by Gasteiger charge is 2.50. The van der Waals surface area contributed by atoms with Crippen LogP contribution in [0.15, 0.2) is 72.0 Å². The highest BCUT2D eigenvalue weighted by Crippen LogP contribution is 2.49. The summed E-state index contributed by atoms with van der Waals surface area (Å²) in [5, 5.41) is 0. The fraction of sp³-hybridized carbons (Fsp3) is 0.500. The van der Waals surface area contributed by atoms with Crippen molar-refractivity contribution in [1.82, 2.24) is 0 Å². The molecule has 0 aromatic heterocycles. The number of esters is 2. The number of nitrogens with zero attached hydrogens (tertiary/aromatic N) is 2. The van der Waals surface area contributed by atoms with E-state index in [4.69, 9.17) is 9.47 Å². The van der Waals surface area contributed by atoms with Crippen molar-refractivity contribution in [3.63, 3.8) is 0 Å². The first kappa shape index (κ1) is 39.9. The zero-order valence-corrected chi connectivity index (χ0v) is 32.6. The number of ether oxygens (including phenoxy) is 2. The van der Waals surface area contributed by atoms with Crippen molar-refractivity contribution >= 4 is 40.6 Å². The summed E-state index contributed by atoms with van der Waals surface area (Å²) in [6.45, 7) is 14.5. The van der Waals surface area contributed by atoms with Gasteiger partial charge in [0, 0.05) is 60.3 Å². The van der Waals surface area contributed by atoms with E-state index in [1.54, 1.807) is 0 Å². The Kier molecular flexibility index (Phi) is 13.4. The van der Waals surface area contributed by atoms with Crippen molar-refractivity contribution in [2.75, 3.05) is 31.2 Å². The van der Waals surface area contributed by atoms with E-state index in [1.165, 1.54) is 11.1 Å². The number of Topliss-reactive ketones (excluding diaryl/α,β-unsaturated/α-hetero) is 2. The van der Waals surface area contributed by atoms with E-state index in [0.29, 0.717) is 26.1 Å². The number of fused-ring (bicyclic) bond motifs is 2. The smallest absolute Gasteiger partial charge is 0.305 e. The fourth-order valence-electron chi connectivity index (χ4n) is 7.71. The lowest BCUT2D eigenvalue weighted by Gasteiger charge is -2.31. The molecule has 1 aliphatic carbocycles. The molecule has 1 saturated carbocycles. The molecule has 9 heteroatoms. The first-order valence-corrected chi connectivity index (χ1v) is 18.4. The molecule has 1 fully saturated rings. The van der Waals surface area contributed by atoms with Gasteiger partial charge in [0.25, 0.3) is 0 Å². The first-order chi connectivity index (χ1) is 23.9. The molecular formula is C42H53BrN2O6. The van der Waals surface area contributed by atoms with Crippen LogP contribution in [0.1, 0.15) is 104 Å². The van der Waals surface area contributed by atoms with E-state index >= 15 is 0 Å². The average molecular weight is 762 g/mol. The Hall–Kier alpha value is -3.85. The highest BCUT2D eigenvalue weighted by molar-refractivity contribution is 6.41. The number of rotatable bonds is 16. The normalized spacial score (nSPS) is 19.0. The number of carbonyl (C=O) groups is 4. The van der Waals surface area contributed by atoms with Crippen LogP contribution in [0, 0.1) is 5.92 Å². The minimum absolute atomic E-state index is 0. The number of anilines is 1. The number of unbranched alkanes of at least 4 members (excludes halogenated alkanes) is 4. The van der Waals surface area contributed by atoms with Crippen LogP contribution in [-0.4, -0.2) is 60.1 Å². The minimum Gasteiger partial charge on any atom is -1.00 e. The van der Waals surface area contributed by atoms with E-state index in [2.05, 4.69) is 61.4 Å². The molecule has 5 rings (SSSR count). The molecule has 0 radical (unpaired) electrons. The van der Waals surface area contributed by atoms with Gasteiger partial charge in [-0.05, 0) is 71.1 Å². The predicted octanol–water partition coefficient (Wildman–Crippen LogP) is 4.69. The molecule has 0 amide bonds. The second-order valence-electron chi connectivity index (χ2n) is 14.5. The third kappa shape index (κ3) is 8.29. The summed E-state index contributed by atoms with van der Waals surface area (Å²) in [7, 11) is 0. The summed E-state index contributed by atoms with van der Waals surface area (Å²) < 4.78 is 12.4. The molecular weight excluding hydrogens is 708 g/mol. The van der Waals surface area contributed by atoms with Crippen LogP contribution in [-0.2, 0) is 39.5 Å². The number of ketones is 2. The fourth-order valence-corrected chi connectivity index (χ4v) is 7.71. The van der Waals surface area contributed by atoms with Crippen LogP contribution in [0.2, 0.25) is 0 Å². The standard InChI is InChI=1S/C42H53N2O6.BrH/c1-7-49-37(45)23-11-9-17-25-43-33-21-15-13-19-31(33)41(3,4)35(43)27-29-39(47)30(40(29)48)28-36-42(5,6)32-20-14-16-22-34(32)44(36)26-18-10-12-24-38(46)50-8-2;/h13-16,19-22,27-29H,7-12,17-18,23-26H2,1-6H3;1H/q+1;/p-1/b30-28?,35-27+;. The van der Waals surface area contributed by atoms with Gasteiger partial charge in [-0.2, -0.15) is 4.58 Å². The number of para-hydroxylation sites is 2. The maximum atomic E-state index is 13.9.